The third kappa shape index (κ3) is 6.16. The Labute approximate surface area is 167 Å². The van der Waals surface area contributed by atoms with Crippen LogP contribution in [0.2, 0.25) is 0 Å². The number of amides is 2. The van der Waals surface area contributed by atoms with Gasteiger partial charge >= 0.3 is 0 Å². The van der Waals surface area contributed by atoms with E-state index in [-0.39, 0.29) is 18.2 Å². The summed E-state index contributed by atoms with van der Waals surface area (Å²) in [4.78, 5) is 27.6. The Morgan fingerprint density at radius 1 is 1.03 bits per heavy atom. The van der Waals surface area contributed by atoms with Gasteiger partial charge in [-0.05, 0) is 43.5 Å². The van der Waals surface area contributed by atoms with Crippen LogP contribution in [0.25, 0.3) is 0 Å². The van der Waals surface area contributed by atoms with Crippen LogP contribution in [0.3, 0.4) is 0 Å². The number of aryl methyl sites for hydroxylation is 2. The number of carbonyl (C=O) groups excluding carboxylic acids is 2. The summed E-state index contributed by atoms with van der Waals surface area (Å²) < 4.78 is 1.65. The van der Waals surface area contributed by atoms with Crippen molar-refractivity contribution in [1.29, 1.82) is 0 Å². The van der Waals surface area contributed by atoms with Crippen LogP contribution in [-0.4, -0.2) is 49.0 Å². The van der Waals surface area contributed by atoms with E-state index < -0.39 is 0 Å². The number of unbranched alkanes of at least 4 members (excludes halogenated alkanes) is 1. The molecule has 0 aliphatic heterocycles. The van der Waals surface area contributed by atoms with Crippen molar-refractivity contribution in [1.82, 2.24) is 35.5 Å². The molecule has 2 N–H and O–H groups in total. The number of rotatable bonds is 9. The molecule has 0 aromatic carbocycles. The lowest BCUT2D eigenvalue weighted by molar-refractivity contribution is -0.115. The third-order valence-electron chi connectivity index (χ3n) is 4.12. The predicted octanol–water partition coefficient (Wildman–Crippen LogP) is 1.03. The molecule has 3 aromatic heterocycles. The smallest absolute Gasteiger partial charge is 0.273 e. The van der Waals surface area contributed by atoms with Crippen LogP contribution in [0.1, 0.15) is 34.7 Å². The molecule has 0 atom stereocenters. The van der Waals surface area contributed by atoms with E-state index >= 15 is 0 Å². The first-order valence-electron chi connectivity index (χ1n) is 9.28. The van der Waals surface area contributed by atoms with Crippen molar-refractivity contribution in [3.05, 3.63) is 59.8 Å². The Kier molecular flexibility index (Phi) is 6.93. The zero-order valence-electron chi connectivity index (χ0n) is 16.1. The van der Waals surface area contributed by atoms with Gasteiger partial charge in [-0.1, -0.05) is 11.3 Å². The minimum Gasteiger partial charge on any atom is -0.354 e. The lowest BCUT2D eigenvalue weighted by Crippen LogP contribution is -2.18. The number of nitrogens with zero attached hydrogens (tertiary/aromatic N) is 6. The minimum atomic E-state index is -0.251. The molecule has 0 saturated carbocycles. The standard InChI is InChI=1S/C19H22N8O2/c1-20-19(29)16-13-27(26-24-16)11-5-3-6-14-8-9-17(25-23-14)22-18(28)12-15-7-2-4-10-21-15/h2,4,7-10,13H,3,5-6,11-12H2,1H3,(H,20,29)(H,22,25,28). The quantitative estimate of drug-likeness (QED) is 0.519. The average Bonchev–Trinajstić information content (AvgIpc) is 3.21. The van der Waals surface area contributed by atoms with Gasteiger partial charge in [-0.2, -0.15) is 5.10 Å². The molecule has 0 radical (unpaired) electrons. The first-order valence-corrected chi connectivity index (χ1v) is 9.28. The molecular formula is C19H22N8O2. The van der Waals surface area contributed by atoms with Crippen LogP contribution < -0.4 is 10.6 Å². The molecule has 3 heterocycles. The summed E-state index contributed by atoms with van der Waals surface area (Å²) in [6, 6.07) is 9.04. The molecule has 10 heteroatoms. The number of aromatic nitrogens is 6. The zero-order valence-corrected chi connectivity index (χ0v) is 16.1. The van der Waals surface area contributed by atoms with E-state index in [0.29, 0.717) is 23.8 Å². The summed E-state index contributed by atoms with van der Waals surface area (Å²) in [5.41, 5.74) is 1.85. The Bertz CT molecular complexity index is 940. The third-order valence-corrected chi connectivity index (χ3v) is 4.12. The largest absolute Gasteiger partial charge is 0.354 e. The molecule has 0 saturated heterocycles. The Hall–Kier alpha value is -3.69. The maximum atomic E-state index is 12.0. The molecule has 3 rings (SSSR count). The lowest BCUT2D eigenvalue weighted by atomic mass is 10.2. The van der Waals surface area contributed by atoms with Gasteiger partial charge in [0.15, 0.2) is 11.5 Å². The number of carbonyl (C=O) groups is 2. The van der Waals surface area contributed by atoms with E-state index in [1.807, 2.05) is 12.1 Å². The molecule has 0 bridgehead atoms. The van der Waals surface area contributed by atoms with E-state index in [9.17, 15) is 9.59 Å². The monoisotopic (exact) mass is 394 g/mol. The highest BCUT2D eigenvalue weighted by molar-refractivity contribution is 5.91. The second kappa shape index (κ2) is 10.0. The van der Waals surface area contributed by atoms with E-state index in [1.54, 1.807) is 42.3 Å². The molecule has 150 valence electrons. The Balaban J connectivity index is 1.39. The number of hydrogen-bond acceptors (Lipinski definition) is 7. The fraction of sp³-hybridized carbons (Fsp3) is 0.316. The van der Waals surface area contributed by atoms with Crippen molar-refractivity contribution in [2.45, 2.75) is 32.2 Å². The molecule has 0 aliphatic carbocycles. The first-order chi connectivity index (χ1) is 14.1. The van der Waals surface area contributed by atoms with Crippen LogP contribution in [0, 0.1) is 0 Å². The molecule has 2 amide bonds. The van der Waals surface area contributed by atoms with Gasteiger partial charge in [0.25, 0.3) is 5.91 Å². The number of anilines is 1. The lowest BCUT2D eigenvalue weighted by Gasteiger charge is -2.05. The molecular weight excluding hydrogens is 372 g/mol. The normalized spacial score (nSPS) is 10.5. The second-order valence-corrected chi connectivity index (χ2v) is 6.36. The molecule has 29 heavy (non-hydrogen) atoms. The van der Waals surface area contributed by atoms with Gasteiger partial charge < -0.3 is 10.6 Å². The zero-order chi connectivity index (χ0) is 20.5. The summed E-state index contributed by atoms with van der Waals surface area (Å²) in [5, 5.41) is 21.2. The van der Waals surface area contributed by atoms with Crippen LogP contribution in [0.4, 0.5) is 5.82 Å². The van der Waals surface area contributed by atoms with Crippen molar-refractivity contribution >= 4 is 17.6 Å². The Morgan fingerprint density at radius 2 is 1.93 bits per heavy atom. The van der Waals surface area contributed by atoms with Gasteiger partial charge in [-0.15, -0.1) is 10.2 Å². The molecule has 0 spiro atoms. The summed E-state index contributed by atoms with van der Waals surface area (Å²) in [6.45, 7) is 0.666. The van der Waals surface area contributed by atoms with Crippen LogP contribution in [0.15, 0.2) is 42.7 Å². The van der Waals surface area contributed by atoms with Crippen molar-refractivity contribution in [2.24, 2.45) is 0 Å². The van der Waals surface area contributed by atoms with Crippen molar-refractivity contribution in [3.63, 3.8) is 0 Å². The summed E-state index contributed by atoms with van der Waals surface area (Å²) in [5.74, 6) is -0.0209. The van der Waals surface area contributed by atoms with Crippen molar-refractivity contribution in [2.75, 3.05) is 12.4 Å². The minimum absolute atomic E-state index is 0.185. The van der Waals surface area contributed by atoms with E-state index in [4.69, 9.17) is 0 Å². The Morgan fingerprint density at radius 3 is 2.66 bits per heavy atom. The summed E-state index contributed by atoms with van der Waals surface area (Å²) in [7, 11) is 1.56. The van der Waals surface area contributed by atoms with Crippen LogP contribution in [0.5, 0.6) is 0 Å². The van der Waals surface area contributed by atoms with E-state index in [0.717, 1.165) is 25.0 Å². The van der Waals surface area contributed by atoms with E-state index in [1.165, 1.54) is 0 Å². The SMILES string of the molecule is CNC(=O)c1cn(CCCCc2ccc(NC(=O)Cc3ccccn3)nn2)nn1. The fourth-order valence-corrected chi connectivity index (χ4v) is 2.63. The number of hydrogen-bond donors (Lipinski definition) is 2. The van der Waals surface area contributed by atoms with Gasteiger partial charge in [0.2, 0.25) is 5.91 Å². The average molecular weight is 394 g/mol. The maximum absolute atomic E-state index is 12.0. The van der Waals surface area contributed by atoms with E-state index in [2.05, 4.69) is 36.1 Å². The van der Waals surface area contributed by atoms with Crippen LogP contribution >= 0.6 is 0 Å². The highest BCUT2D eigenvalue weighted by Crippen LogP contribution is 2.07. The molecule has 10 nitrogen and oxygen atoms in total. The summed E-state index contributed by atoms with van der Waals surface area (Å²) >= 11 is 0. The number of nitrogens with one attached hydrogen (secondary N) is 2. The van der Waals surface area contributed by atoms with Crippen molar-refractivity contribution < 1.29 is 9.59 Å². The molecule has 0 fully saturated rings. The predicted molar refractivity (Wildman–Crippen MR) is 105 cm³/mol. The first kappa shape index (κ1) is 20.1. The topological polar surface area (TPSA) is 128 Å². The van der Waals surface area contributed by atoms with Gasteiger partial charge in [-0.3, -0.25) is 19.3 Å². The second-order valence-electron chi connectivity index (χ2n) is 6.36. The molecule has 3 aromatic rings. The highest BCUT2D eigenvalue weighted by Gasteiger charge is 2.09. The van der Waals surface area contributed by atoms with Gasteiger partial charge in [0, 0.05) is 25.5 Å². The van der Waals surface area contributed by atoms with Crippen LogP contribution in [-0.2, 0) is 24.2 Å². The highest BCUT2D eigenvalue weighted by atomic mass is 16.2. The van der Waals surface area contributed by atoms with Gasteiger partial charge in [0.1, 0.15) is 0 Å². The number of pyridine rings is 1. The molecule has 0 unspecified atom stereocenters. The fourth-order valence-electron chi connectivity index (χ4n) is 2.63. The van der Waals surface area contributed by atoms with Gasteiger partial charge in [-0.25, -0.2) is 0 Å². The van der Waals surface area contributed by atoms with Crippen molar-refractivity contribution in [3.8, 4) is 0 Å². The van der Waals surface area contributed by atoms with Gasteiger partial charge in [0.05, 0.1) is 18.3 Å². The molecule has 0 aliphatic rings. The summed E-state index contributed by atoms with van der Waals surface area (Å²) in [6.07, 6.45) is 5.97. The maximum Gasteiger partial charge on any atom is 0.273 e.